The average Bonchev–Trinajstić information content (AvgIpc) is 2.12. The summed E-state index contributed by atoms with van der Waals surface area (Å²) in [6.45, 7) is 1.58. The molecule has 0 amide bonds. The van der Waals surface area contributed by atoms with Gasteiger partial charge in [-0.15, -0.1) is 28.3 Å². The number of hydrogen-bond acceptors (Lipinski definition) is 2. The lowest BCUT2D eigenvalue weighted by Crippen LogP contribution is -1.83. The predicted octanol–water partition coefficient (Wildman–Crippen LogP) is 2.53. The standard InChI is InChI=1S/C6H6OS.BrH/c1-5(7)6-3-2-4-8-6;/h2-4H,1H3;1H. The molecule has 0 saturated carbocycles. The Morgan fingerprint density at radius 2 is 2.33 bits per heavy atom. The van der Waals surface area contributed by atoms with Gasteiger partial charge in [0.25, 0.3) is 0 Å². The summed E-state index contributed by atoms with van der Waals surface area (Å²) in [5.41, 5.74) is 0. The highest BCUT2D eigenvalue weighted by Gasteiger charge is 1.95. The SMILES string of the molecule is Br.CC(=O)c1cccs1. The zero-order chi connectivity index (χ0) is 5.98. The van der Waals surface area contributed by atoms with E-state index in [9.17, 15) is 4.79 Å². The Hall–Kier alpha value is -0.150. The molecule has 0 aliphatic heterocycles. The molecule has 0 radical (unpaired) electrons. The average molecular weight is 207 g/mol. The van der Waals surface area contributed by atoms with Crippen LogP contribution in [0, 0.1) is 0 Å². The van der Waals surface area contributed by atoms with Gasteiger partial charge in [-0.2, -0.15) is 0 Å². The van der Waals surface area contributed by atoms with Gasteiger partial charge in [0.2, 0.25) is 0 Å². The van der Waals surface area contributed by atoms with Crippen molar-refractivity contribution in [3.05, 3.63) is 22.4 Å². The van der Waals surface area contributed by atoms with Gasteiger partial charge in [-0.25, -0.2) is 0 Å². The maximum Gasteiger partial charge on any atom is 0.169 e. The third kappa shape index (κ3) is 2.28. The summed E-state index contributed by atoms with van der Waals surface area (Å²) >= 11 is 1.48. The van der Waals surface area contributed by atoms with Crippen molar-refractivity contribution >= 4 is 34.1 Å². The largest absolute Gasteiger partial charge is 0.294 e. The molecule has 0 aromatic carbocycles. The quantitative estimate of drug-likeness (QED) is 0.646. The van der Waals surface area contributed by atoms with Crippen LogP contribution >= 0.6 is 28.3 Å². The van der Waals surface area contributed by atoms with Crippen molar-refractivity contribution in [1.82, 2.24) is 0 Å². The summed E-state index contributed by atoms with van der Waals surface area (Å²) in [6.07, 6.45) is 0. The third-order valence-electron chi connectivity index (χ3n) is 0.868. The summed E-state index contributed by atoms with van der Waals surface area (Å²) in [5, 5.41) is 1.90. The summed E-state index contributed by atoms with van der Waals surface area (Å²) in [4.78, 5) is 11.4. The molecule has 0 unspecified atom stereocenters. The fourth-order valence-corrected chi connectivity index (χ4v) is 1.11. The fourth-order valence-electron chi connectivity index (χ4n) is 0.479. The minimum atomic E-state index is 0. The second-order valence-corrected chi connectivity index (χ2v) is 2.48. The number of ketones is 1. The van der Waals surface area contributed by atoms with E-state index in [1.54, 1.807) is 6.92 Å². The van der Waals surface area contributed by atoms with E-state index in [1.165, 1.54) is 11.3 Å². The normalized spacial score (nSPS) is 8.11. The molecule has 0 saturated heterocycles. The van der Waals surface area contributed by atoms with E-state index in [-0.39, 0.29) is 22.8 Å². The van der Waals surface area contributed by atoms with Crippen molar-refractivity contribution in [2.45, 2.75) is 6.92 Å². The molecule has 50 valence electrons. The number of carbonyl (C=O) groups excluding carboxylic acids is 1. The predicted molar refractivity (Wildman–Crippen MR) is 44.6 cm³/mol. The van der Waals surface area contributed by atoms with Crippen molar-refractivity contribution in [2.24, 2.45) is 0 Å². The Labute approximate surface area is 68.5 Å². The van der Waals surface area contributed by atoms with E-state index in [1.807, 2.05) is 17.5 Å². The maximum absolute atomic E-state index is 10.5. The van der Waals surface area contributed by atoms with E-state index in [2.05, 4.69) is 0 Å². The molecule has 0 aliphatic rings. The van der Waals surface area contributed by atoms with Crippen LogP contribution in [0.4, 0.5) is 0 Å². The second kappa shape index (κ2) is 3.80. The van der Waals surface area contributed by atoms with Gasteiger partial charge in [-0.05, 0) is 18.4 Å². The fraction of sp³-hybridized carbons (Fsp3) is 0.167. The van der Waals surface area contributed by atoms with Crippen LogP contribution in [0.2, 0.25) is 0 Å². The molecule has 0 N–H and O–H groups in total. The third-order valence-corrected chi connectivity index (χ3v) is 1.84. The Balaban J connectivity index is 0.000000640. The monoisotopic (exact) mass is 206 g/mol. The van der Waals surface area contributed by atoms with E-state index >= 15 is 0 Å². The summed E-state index contributed by atoms with van der Waals surface area (Å²) in [5.74, 6) is 0.153. The summed E-state index contributed by atoms with van der Waals surface area (Å²) in [7, 11) is 0. The van der Waals surface area contributed by atoms with Gasteiger partial charge in [0, 0.05) is 0 Å². The van der Waals surface area contributed by atoms with Gasteiger partial charge in [-0.3, -0.25) is 4.79 Å². The molecule has 0 spiro atoms. The van der Waals surface area contributed by atoms with Crippen LogP contribution in [0.15, 0.2) is 17.5 Å². The first-order valence-corrected chi connectivity index (χ1v) is 3.23. The van der Waals surface area contributed by atoms with Crippen LogP contribution in [0.1, 0.15) is 16.6 Å². The first-order valence-electron chi connectivity index (χ1n) is 2.35. The molecule has 0 bridgehead atoms. The van der Waals surface area contributed by atoms with Crippen LogP contribution < -0.4 is 0 Å². The zero-order valence-corrected chi connectivity index (χ0v) is 7.49. The molecule has 1 aromatic rings. The Kier molecular flexibility index (Phi) is 3.73. The summed E-state index contributed by atoms with van der Waals surface area (Å²) in [6, 6.07) is 3.70. The number of hydrogen-bond donors (Lipinski definition) is 0. The van der Waals surface area contributed by atoms with E-state index in [0.29, 0.717) is 0 Å². The molecule has 0 fully saturated rings. The van der Waals surface area contributed by atoms with Crippen LogP contribution in [0.3, 0.4) is 0 Å². The van der Waals surface area contributed by atoms with E-state index in [0.717, 1.165) is 4.88 Å². The van der Waals surface area contributed by atoms with Crippen LogP contribution in [0.25, 0.3) is 0 Å². The molecule has 1 rings (SSSR count). The Bertz CT molecular complexity index is 181. The number of carbonyl (C=O) groups is 1. The van der Waals surface area contributed by atoms with E-state index in [4.69, 9.17) is 0 Å². The van der Waals surface area contributed by atoms with Crippen LogP contribution in [-0.2, 0) is 0 Å². The minimum Gasteiger partial charge on any atom is -0.294 e. The Morgan fingerprint density at radius 1 is 1.67 bits per heavy atom. The molecule has 1 aromatic heterocycles. The van der Waals surface area contributed by atoms with Crippen molar-refractivity contribution in [3.8, 4) is 0 Å². The first kappa shape index (κ1) is 8.85. The van der Waals surface area contributed by atoms with Gasteiger partial charge < -0.3 is 0 Å². The molecule has 1 nitrogen and oxygen atoms in total. The topological polar surface area (TPSA) is 17.1 Å². The van der Waals surface area contributed by atoms with Crippen molar-refractivity contribution in [2.75, 3.05) is 0 Å². The van der Waals surface area contributed by atoms with Crippen LogP contribution in [0.5, 0.6) is 0 Å². The van der Waals surface area contributed by atoms with Gasteiger partial charge >= 0.3 is 0 Å². The second-order valence-electron chi connectivity index (χ2n) is 1.53. The van der Waals surface area contributed by atoms with Gasteiger partial charge in [0.05, 0.1) is 4.88 Å². The highest BCUT2D eigenvalue weighted by atomic mass is 79.9. The smallest absolute Gasteiger partial charge is 0.169 e. The van der Waals surface area contributed by atoms with Crippen molar-refractivity contribution in [3.63, 3.8) is 0 Å². The maximum atomic E-state index is 10.5. The highest BCUT2D eigenvalue weighted by molar-refractivity contribution is 8.93. The minimum absolute atomic E-state index is 0. The Morgan fingerprint density at radius 3 is 2.56 bits per heavy atom. The van der Waals surface area contributed by atoms with Gasteiger partial charge in [0.15, 0.2) is 5.78 Å². The van der Waals surface area contributed by atoms with E-state index < -0.39 is 0 Å². The first-order chi connectivity index (χ1) is 3.80. The lowest BCUT2D eigenvalue weighted by atomic mass is 10.4. The molecular weight excluding hydrogens is 200 g/mol. The van der Waals surface area contributed by atoms with Gasteiger partial charge in [0.1, 0.15) is 0 Å². The summed E-state index contributed by atoms with van der Waals surface area (Å²) < 4.78 is 0. The molecule has 0 aliphatic carbocycles. The van der Waals surface area contributed by atoms with Crippen LogP contribution in [-0.4, -0.2) is 5.78 Å². The van der Waals surface area contributed by atoms with Crippen molar-refractivity contribution < 1.29 is 4.79 Å². The number of thiophene rings is 1. The highest BCUT2D eigenvalue weighted by Crippen LogP contribution is 2.07. The molecule has 0 atom stereocenters. The van der Waals surface area contributed by atoms with Gasteiger partial charge in [-0.1, -0.05) is 6.07 Å². The number of Topliss-reactive ketones (excluding diaryl/α,β-unsaturated/α-hetero) is 1. The number of rotatable bonds is 1. The number of halogens is 1. The molecule has 1 heterocycles. The molecule has 9 heavy (non-hydrogen) atoms. The lowest BCUT2D eigenvalue weighted by molar-refractivity contribution is 0.102. The van der Waals surface area contributed by atoms with Crippen molar-refractivity contribution in [1.29, 1.82) is 0 Å². The zero-order valence-electron chi connectivity index (χ0n) is 4.96. The molecular formula is C6H7BrOS. The lowest BCUT2D eigenvalue weighted by Gasteiger charge is -1.79. The molecule has 3 heteroatoms.